The summed E-state index contributed by atoms with van der Waals surface area (Å²) in [6.07, 6.45) is 0.970. The van der Waals surface area contributed by atoms with Gasteiger partial charge in [0.15, 0.2) is 5.78 Å². The molecule has 0 saturated heterocycles. The molecule has 0 aliphatic heterocycles. The zero-order valence-electron chi connectivity index (χ0n) is 10.9. The summed E-state index contributed by atoms with van der Waals surface area (Å²) in [6, 6.07) is 7.20. The van der Waals surface area contributed by atoms with E-state index in [1.165, 1.54) is 0 Å². The van der Waals surface area contributed by atoms with Crippen molar-refractivity contribution in [3.05, 3.63) is 34.3 Å². The molecule has 0 heterocycles. The van der Waals surface area contributed by atoms with E-state index in [2.05, 4.69) is 22.9 Å². The second kappa shape index (κ2) is 7.67. The third kappa shape index (κ3) is 4.19. The summed E-state index contributed by atoms with van der Waals surface area (Å²) < 4.78 is 0.965. The van der Waals surface area contributed by atoms with E-state index in [0.717, 1.165) is 17.4 Å². The number of ketones is 1. The van der Waals surface area contributed by atoms with E-state index in [9.17, 15) is 4.79 Å². The van der Waals surface area contributed by atoms with Crippen LogP contribution >= 0.6 is 15.9 Å². The second-order valence-electron chi connectivity index (χ2n) is 4.31. The lowest BCUT2D eigenvalue weighted by molar-refractivity contribution is 0.0808. The predicted molar refractivity (Wildman–Crippen MR) is 76.9 cm³/mol. The van der Waals surface area contributed by atoms with Crippen molar-refractivity contribution in [2.75, 3.05) is 19.7 Å². The van der Waals surface area contributed by atoms with Gasteiger partial charge >= 0.3 is 0 Å². The smallest absolute Gasteiger partial charge is 0.179 e. The van der Waals surface area contributed by atoms with Crippen LogP contribution in [-0.4, -0.2) is 41.5 Å². The van der Waals surface area contributed by atoms with Gasteiger partial charge in [0.2, 0.25) is 0 Å². The molecule has 0 saturated carbocycles. The van der Waals surface area contributed by atoms with Crippen LogP contribution in [0.3, 0.4) is 0 Å². The summed E-state index contributed by atoms with van der Waals surface area (Å²) in [4.78, 5) is 14.3. The van der Waals surface area contributed by atoms with Gasteiger partial charge in [-0.3, -0.25) is 9.69 Å². The Hall–Kier alpha value is -0.710. The molecule has 1 N–H and O–H groups in total. The first-order chi connectivity index (χ1) is 8.60. The lowest BCUT2D eigenvalue weighted by Gasteiger charge is -2.26. The van der Waals surface area contributed by atoms with E-state index in [0.29, 0.717) is 12.1 Å². The molecule has 0 bridgehead atoms. The van der Waals surface area contributed by atoms with Crippen LogP contribution in [0.25, 0.3) is 0 Å². The SMILES string of the molecule is CCCN(CCO)C(C)C(=O)c1ccc(Br)cc1. The number of halogens is 1. The monoisotopic (exact) mass is 313 g/mol. The molecule has 0 fully saturated rings. The molecule has 1 aromatic rings. The Morgan fingerprint density at radius 1 is 1.33 bits per heavy atom. The van der Waals surface area contributed by atoms with E-state index >= 15 is 0 Å². The fourth-order valence-corrected chi connectivity index (χ4v) is 2.20. The van der Waals surface area contributed by atoms with Gasteiger partial charge in [0.05, 0.1) is 12.6 Å². The van der Waals surface area contributed by atoms with Crippen LogP contribution in [0.2, 0.25) is 0 Å². The molecular weight excluding hydrogens is 294 g/mol. The van der Waals surface area contributed by atoms with Crippen molar-refractivity contribution in [2.45, 2.75) is 26.3 Å². The first kappa shape index (κ1) is 15.3. The number of hydrogen-bond donors (Lipinski definition) is 1. The number of nitrogens with zero attached hydrogens (tertiary/aromatic N) is 1. The number of Topliss-reactive ketones (excluding diaryl/α,β-unsaturated/α-hetero) is 1. The maximum absolute atomic E-state index is 12.3. The first-order valence-electron chi connectivity index (χ1n) is 6.24. The number of hydrogen-bond acceptors (Lipinski definition) is 3. The van der Waals surface area contributed by atoms with Crippen LogP contribution in [0.1, 0.15) is 30.6 Å². The molecule has 0 aliphatic carbocycles. The van der Waals surface area contributed by atoms with Crippen LogP contribution in [-0.2, 0) is 0 Å². The van der Waals surface area contributed by atoms with Crippen molar-refractivity contribution >= 4 is 21.7 Å². The molecule has 1 rings (SSSR count). The van der Waals surface area contributed by atoms with Gasteiger partial charge in [0, 0.05) is 16.6 Å². The number of benzene rings is 1. The Kier molecular flexibility index (Phi) is 6.54. The molecular formula is C14H20BrNO2. The third-order valence-corrected chi connectivity index (χ3v) is 3.48. The van der Waals surface area contributed by atoms with Crippen molar-refractivity contribution in [1.29, 1.82) is 0 Å². The average molecular weight is 314 g/mol. The van der Waals surface area contributed by atoms with E-state index in [1.807, 2.05) is 36.1 Å². The minimum absolute atomic E-state index is 0.0813. The lowest BCUT2D eigenvalue weighted by atomic mass is 10.0. The standard InChI is InChI=1S/C14H20BrNO2/c1-3-8-16(9-10-17)11(2)14(18)12-4-6-13(15)7-5-12/h4-7,11,17H,3,8-10H2,1-2H3. The molecule has 0 aliphatic rings. The van der Waals surface area contributed by atoms with Gasteiger partial charge in [-0.05, 0) is 32.0 Å². The van der Waals surface area contributed by atoms with Crippen molar-refractivity contribution in [2.24, 2.45) is 0 Å². The average Bonchev–Trinajstić information content (AvgIpc) is 2.38. The zero-order valence-corrected chi connectivity index (χ0v) is 12.5. The maximum Gasteiger partial charge on any atom is 0.179 e. The van der Waals surface area contributed by atoms with Gasteiger partial charge in [0.1, 0.15) is 0 Å². The van der Waals surface area contributed by atoms with Gasteiger partial charge in [-0.25, -0.2) is 0 Å². The minimum atomic E-state index is -0.196. The number of aliphatic hydroxyl groups excluding tert-OH is 1. The lowest BCUT2D eigenvalue weighted by Crippen LogP contribution is -2.41. The third-order valence-electron chi connectivity index (χ3n) is 2.95. The van der Waals surface area contributed by atoms with Crippen molar-refractivity contribution < 1.29 is 9.90 Å². The van der Waals surface area contributed by atoms with Gasteiger partial charge in [0.25, 0.3) is 0 Å². The van der Waals surface area contributed by atoms with Gasteiger partial charge in [-0.1, -0.05) is 35.0 Å². The highest BCUT2D eigenvalue weighted by molar-refractivity contribution is 9.10. The fraction of sp³-hybridized carbons (Fsp3) is 0.500. The molecule has 0 radical (unpaired) electrons. The number of carbonyl (C=O) groups is 1. The van der Waals surface area contributed by atoms with Crippen LogP contribution < -0.4 is 0 Å². The fourth-order valence-electron chi connectivity index (χ4n) is 1.94. The maximum atomic E-state index is 12.3. The Bertz CT molecular complexity index is 372. The highest BCUT2D eigenvalue weighted by Gasteiger charge is 2.21. The summed E-state index contributed by atoms with van der Waals surface area (Å²) in [5, 5.41) is 9.04. The summed E-state index contributed by atoms with van der Waals surface area (Å²) in [5.74, 6) is 0.101. The Morgan fingerprint density at radius 3 is 2.44 bits per heavy atom. The van der Waals surface area contributed by atoms with Gasteiger partial charge < -0.3 is 5.11 Å². The number of carbonyl (C=O) groups excluding carboxylic acids is 1. The van der Waals surface area contributed by atoms with Crippen LogP contribution in [0.15, 0.2) is 28.7 Å². The normalized spacial score (nSPS) is 12.7. The van der Waals surface area contributed by atoms with Crippen molar-refractivity contribution in [1.82, 2.24) is 4.90 Å². The molecule has 1 aromatic carbocycles. The van der Waals surface area contributed by atoms with E-state index < -0.39 is 0 Å². The predicted octanol–water partition coefficient (Wildman–Crippen LogP) is 2.72. The van der Waals surface area contributed by atoms with E-state index in [1.54, 1.807) is 0 Å². The quantitative estimate of drug-likeness (QED) is 0.787. The molecule has 4 heteroatoms. The summed E-state index contributed by atoms with van der Waals surface area (Å²) in [7, 11) is 0. The van der Waals surface area contributed by atoms with Gasteiger partial charge in [-0.2, -0.15) is 0 Å². The molecule has 1 unspecified atom stereocenters. The summed E-state index contributed by atoms with van der Waals surface area (Å²) in [5.41, 5.74) is 0.713. The molecule has 18 heavy (non-hydrogen) atoms. The highest BCUT2D eigenvalue weighted by Crippen LogP contribution is 2.14. The minimum Gasteiger partial charge on any atom is -0.395 e. The molecule has 3 nitrogen and oxygen atoms in total. The van der Waals surface area contributed by atoms with E-state index in [4.69, 9.17) is 5.11 Å². The van der Waals surface area contributed by atoms with Crippen LogP contribution in [0, 0.1) is 0 Å². The summed E-state index contributed by atoms with van der Waals surface area (Å²) in [6.45, 7) is 5.41. The van der Waals surface area contributed by atoms with Crippen LogP contribution in [0.5, 0.6) is 0 Å². The second-order valence-corrected chi connectivity index (χ2v) is 5.22. The molecule has 1 atom stereocenters. The van der Waals surface area contributed by atoms with Crippen molar-refractivity contribution in [3.63, 3.8) is 0 Å². The molecule has 0 spiro atoms. The first-order valence-corrected chi connectivity index (χ1v) is 7.04. The molecule has 0 aromatic heterocycles. The molecule has 100 valence electrons. The van der Waals surface area contributed by atoms with Crippen LogP contribution in [0.4, 0.5) is 0 Å². The Labute approximate surface area is 117 Å². The topological polar surface area (TPSA) is 40.5 Å². The molecule has 0 amide bonds. The van der Waals surface area contributed by atoms with Crippen molar-refractivity contribution in [3.8, 4) is 0 Å². The highest BCUT2D eigenvalue weighted by atomic mass is 79.9. The summed E-state index contributed by atoms with van der Waals surface area (Å²) >= 11 is 3.36. The Morgan fingerprint density at radius 2 is 1.94 bits per heavy atom. The number of rotatable bonds is 7. The number of aliphatic hydroxyl groups is 1. The Balaban J connectivity index is 2.77. The largest absolute Gasteiger partial charge is 0.395 e. The van der Waals surface area contributed by atoms with E-state index in [-0.39, 0.29) is 18.4 Å². The zero-order chi connectivity index (χ0) is 13.5. The van der Waals surface area contributed by atoms with Gasteiger partial charge in [-0.15, -0.1) is 0 Å².